The molecule has 0 radical (unpaired) electrons. The van der Waals surface area contributed by atoms with Gasteiger partial charge in [0, 0.05) is 50.4 Å². The number of benzene rings is 1. The van der Waals surface area contributed by atoms with E-state index in [-0.39, 0.29) is 5.79 Å². The van der Waals surface area contributed by atoms with Gasteiger partial charge in [0.1, 0.15) is 0 Å². The van der Waals surface area contributed by atoms with Gasteiger partial charge in [-0.3, -0.25) is 9.88 Å². The molecule has 2 saturated heterocycles. The number of aromatic nitrogens is 1. The Morgan fingerprint density at radius 3 is 2.56 bits per heavy atom. The molecule has 3 heterocycles. The van der Waals surface area contributed by atoms with Crippen LogP contribution < -0.4 is 0 Å². The second-order valence-electron chi connectivity index (χ2n) is 7.28. The van der Waals surface area contributed by atoms with Crippen LogP contribution in [0.4, 0.5) is 0 Å². The third-order valence-electron chi connectivity index (χ3n) is 5.34. The summed E-state index contributed by atoms with van der Waals surface area (Å²) in [5.41, 5.74) is 6.32. The van der Waals surface area contributed by atoms with Crippen LogP contribution in [-0.2, 0) is 16.0 Å². The molecule has 0 saturated carbocycles. The van der Waals surface area contributed by atoms with Crippen molar-refractivity contribution < 1.29 is 9.47 Å². The molecule has 132 valence electrons. The summed E-state index contributed by atoms with van der Waals surface area (Å²) in [4.78, 5) is 6.96. The zero-order chi connectivity index (χ0) is 17.3. The number of nitrogens with zero attached hydrogens (tertiary/aromatic N) is 2. The summed E-state index contributed by atoms with van der Waals surface area (Å²) in [6, 6.07) is 8.87. The first kappa shape index (κ1) is 16.7. The molecule has 2 aliphatic rings. The molecule has 1 spiro atoms. The molecule has 2 aliphatic heterocycles. The van der Waals surface area contributed by atoms with Gasteiger partial charge in [-0.05, 0) is 36.6 Å². The number of piperidine rings is 1. The van der Waals surface area contributed by atoms with E-state index in [2.05, 4.69) is 48.0 Å². The van der Waals surface area contributed by atoms with Crippen LogP contribution in [0, 0.1) is 13.8 Å². The molecule has 25 heavy (non-hydrogen) atoms. The van der Waals surface area contributed by atoms with Crippen LogP contribution in [0.5, 0.6) is 0 Å². The fourth-order valence-electron chi connectivity index (χ4n) is 3.86. The topological polar surface area (TPSA) is 34.6 Å². The average Bonchev–Trinajstić information content (AvgIpc) is 3.08. The molecule has 0 bridgehead atoms. The van der Waals surface area contributed by atoms with Crippen LogP contribution in [0.2, 0.25) is 0 Å². The molecule has 4 nitrogen and oxygen atoms in total. The summed E-state index contributed by atoms with van der Waals surface area (Å²) in [6.07, 6.45) is 5.87. The van der Waals surface area contributed by atoms with Crippen molar-refractivity contribution in [2.24, 2.45) is 0 Å². The third-order valence-corrected chi connectivity index (χ3v) is 5.34. The van der Waals surface area contributed by atoms with Gasteiger partial charge in [-0.15, -0.1) is 0 Å². The third kappa shape index (κ3) is 3.61. The van der Waals surface area contributed by atoms with E-state index in [1.54, 1.807) is 0 Å². The van der Waals surface area contributed by atoms with Gasteiger partial charge < -0.3 is 9.47 Å². The van der Waals surface area contributed by atoms with Crippen LogP contribution >= 0.6 is 0 Å². The standard InChI is InChI=1S/C21H26N2O2/c1-16-3-4-17(2)20(11-16)19-12-18(13-22-14-19)15-23-7-5-21(6-8-23)24-9-10-25-21/h3-4,11-14H,5-10,15H2,1-2H3. The predicted octanol–water partition coefficient (Wildman–Crippen LogP) is 3.70. The van der Waals surface area contributed by atoms with Crippen molar-refractivity contribution in [3.05, 3.63) is 53.3 Å². The summed E-state index contributed by atoms with van der Waals surface area (Å²) in [7, 11) is 0. The van der Waals surface area contributed by atoms with E-state index in [0.717, 1.165) is 45.7 Å². The first-order chi connectivity index (χ1) is 12.1. The lowest BCUT2D eigenvalue weighted by Crippen LogP contribution is -2.44. The van der Waals surface area contributed by atoms with Crippen molar-refractivity contribution in [2.45, 2.75) is 39.0 Å². The first-order valence-electron chi connectivity index (χ1n) is 9.15. The van der Waals surface area contributed by atoms with Crippen LogP contribution in [0.3, 0.4) is 0 Å². The van der Waals surface area contributed by atoms with E-state index in [9.17, 15) is 0 Å². The molecular formula is C21H26N2O2. The number of rotatable bonds is 3. The van der Waals surface area contributed by atoms with Crippen molar-refractivity contribution in [1.82, 2.24) is 9.88 Å². The Labute approximate surface area is 149 Å². The maximum atomic E-state index is 5.82. The van der Waals surface area contributed by atoms with Gasteiger partial charge in [-0.25, -0.2) is 0 Å². The lowest BCUT2D eigenvalue weighted by molar-refractivity contribution is -0.185. The predicted molar refractivity (Wildman–Crippen MR) is 98.3 cm³/mol. The monoisotopic (exact) mass is 338 g/mol. The molecular weight excluding hydrogens is 312 g/mol. The van der Waals surface area contributed by atoms with Crippen molar-refractivity contribution in [1.29, 1.82) is 0 Å². The summed E-state index contributed by atoms with van der Waals surface area (Å²) in [5.74, 6) is -0.296. The second kappa shape index (κ2) is 6.87. The van der Waals surface area contributed by atoms with E-state index in [4.69, 9.17) is 9.47 Å². The van der Waals surface area contributed by atoms with Gasteiger partial charge in [-0.1, -0.05) is 23.8 Å². The van der Waals surface area contributed by atoms with Crippen molar-refractivity contribution >= 4 is 0 Å². The van der Waals surface area contributed by atoms with Crippen molar-refractivity contribution in [3.63, 3.8) is 0 Å². The number of hydrogen-bond acceptors (Lipinski definition) is 4. The Balaban J connectivity index is 1.46. The van der Waals surface area contributed by atoms with E-state index < -0.39 is 0 Å². The highest BCUT2D eigenvalue weighted by molar-refractivity contribution is 5.67. The summed E-state index contributed by atoms with van der Waals surface area (Å²) >= 11 is 0. The number of ether oxygens (including phenoxy) is 2. The SMILES string of the molecule is Cc1ccc(C)c(-c2cncc(CN3CCC4(CC3)OCCO4)c2)c1. The number of likely N-dealkylation sites (tertiary alicyclic amines) is 1. The molecule has 0 amide bonds. The molecule has 0 atom stereocenters. The minimum atomic E-state index is -0.296. The Hall–Kier alpha value is -1.75. The summed E-state index contributed by atoms with van der Waals surface area (Å²) < 4.78 is 11.6. The lowest BCUT2D eigenvalue weighted by atomic mass is 9.98. The molecule has 2 fully saturated rings. The van der Waals surface area contributed by atoms with Crippen LogP contribution in [-0.4, -0.2) is 42.0 Å². The molecule has 0 aliphatic carbocycles. The maximum absolute atomic E-state index is 5.82. The summed E-state index contributed by atoms with van der Waals surface area (Å²) in [5, 5.41) is 0. The molecule has 1 aromatic carbocycles. The quantitative estimate of drug-likeness (QED) is 0.855. The van der Waals surface area contributed by atoms with Gasteiger partial charge in [0.15, 0.2) is 5.79 Å². The summed E-state index contributed by atoms with van der Waals surface area (Å²) in [6.45, 7) is 8.72. The average molecular weight is 338 g/mol. The van der Waals surface area contributed by atoms with Gasteiger partial charge in [0.2, 0.25) is 0 Å². The van der Waals surface area contributed by atoms with Crippen LogP contribution in [0.1, 0.15) is 29.5 Å². The van der Waals surface area contributed by atoms with Gasteiger partial charge in [0.05, 0.1) is 13.2 Å². The van der Waals surface area contributed by atoms with Crippen LogP contribution in [0.25, 0.3) is 11.1 Å². The Kier molecular flexibility index (Phi) is 4.59. The lowest BCUT2D eigenvalue weighted by Gasteiger charge is -2.37. The van der Waals surface area contributed by atoms with Crippen molar-refractivity contribution in [3.8, 4) is 11.1 Å². The smallest absolute Gasteiger partial charge is 0.170 e. The van der Waals surface area contributed by atoms with E-state index in [1.807, 2.05) is 12.4 Å². The molecule has 0 unspecified atom stereocenters. The molecule has 4 heteroatoms. The number of aryl methyl sites for hydroxylation is 2. The Morgan fingerprint density at radius 1 is 1.04 bits per heavy atom. The highest BCUT2D eigenvalue weighted by Crippen LogP contribution is 2.32. The first-order valence-corrected chi connectivity index (χ1v) is 9.15. The minimum absolute atomic E-state index is 0.296. The minimum Gasteiger partial charge on any atom is -0.347 e. The maximum Gasteiger partial charge on any atom is 0.170 e. The van der Waals surface area contributed by atoms with E-state index in [1.165, 1.54) is 27.8 Å². The molecule has 0 N–H and O–H groups in total. The van der Waals surface area contributed by atoms with E-state index >= 15 is 0 Å². The largest absolute Gasteiger partial charge is 0.347 e. The van der Waals surface area contributed by atoms with Gasteiger partial charge >= 0.3 is 0 Å². The fourth-order valence-corrected chi connectivity index (χ4v) is 3.86. The number of pyridine rings is 1. The zero-order valence-corrected chi connectivity index (χ0v) is 15.1. The molecule has 1 aromatic heterocycles. The fraction of sp³-hybridized carbons (Fsp3) is 0.476. The van der Waals surface area contributed by atoms with Gasteiger partial charge in [0.25, 0.3) is 0 Å². The highest BCUT2D eigenvalue weighted by atomic mass is 16.7. The van der Waals surface area contributed by atoms with E-state index in [0.29, 0.717) is 0 Å². The normalized spacial score (nSPS) is 20.2. The van der Waals surface area contributed by atoms with Crippen LogP contribution in [0.15, 0.2) is 36.7 Å². The molecule has 2 aromatic rings. The molecule has 4 rings (SSSR count). The number of hydrogen-bond donors (Lipinski definition) is 0. The highest BCUT2D eigenvalue weighted by Gasteiger charge is 2.39. The zero-order valence-electron chi connectivity index (χ0n) is 15.1. The Morgan fingerprint density at radius 2 is 1.80 bits per heavy atom. The second-order valence-corrected chi connectivity index (χ2v) is 7.28. The van der Waals surface area contributed by atoms with Crippen molar-refractivity contribution in [2.75, 3.05) is 26.3 Å². The Bertz CT molecular complexity index is 743. The van der Waals surface area contributed by atoms with Gasteiger partial charge in [-0.2, -0.15) is 0 Å².